The summed E-state index contributed by atoms with van der Waals surface area (Å²) in [5.74, 6) is -0.392. The Hall–Kier alpha value is -1.16. The maximum atomic E-state index is 11.6. The van der Waals surface area contributed by atoms with Crippen molar-refractivity contribution in [2.45, 2.75) is 19.3 Å². The number of carbonyl (C=O) groups excluding carboxylic acids is 2. The maximum absolute atomic E-state index is 11.6. The van der Waals surface area contributed by atoms with Gasteiger partial charge in [-0.1, -0.05) is 34.1 Å². The molecule has 2 rings (SSSR count). The first kappa shape index (κ1) is 11.3. The van der Waals surface area contributed by atoms with Crippen LogP contribution in [0.15, 0.2) is 28.7 Å². The quantitative estimate of drug-likeness (QED) is 0.844. The van der Waals surface area contributed by atoms with Crippen molar-refractivity contribution in [3.05, 3.63) is 34.3 Å². The van der Waals surface area contributed by atoms with Gasteiger partial charge in [0.2, 0.25) is 11.8 Å². The van der Waals surface area contributed by atoms with E-state index in [2.05, 4.69) is 21.2 Å². The van der Waals surface area contributed by atoms with Gasteiger partial charge in [0.25, 0.3) is 0 Å². The number of hydrogen-bond acceptors (Lipinski definition) is 2. The van der Waals surface area contributed by atoms with E-state index in [0.717, 1.165) is 10.0 Å². The van der Waals surface area contributed by atoms with E-state index in [9.17, 15) is 9.59 Å². The van der Waals surface area contributed by atoms with E-state index in [1.807, 2.05) is 24.3 Å². The second-order valence-electron chi connectivity index (χ2n) is 3.94. The molecule has 0 aliphatic carbocycles. The highest BCUT2D eigenvalue weighted by Gasteiger charge is 2.26. The number of carbonyl (C=O) groups is 2. The zero-order valence-corrected chi connectivity index (χ0v) is 10.3. The number of benzene rings is 1. The second kappa shape index (κ2) is 4.78. The zero-order chi connectivity index (χ0) is 11.5. The van der Waals surface area contributed by atoms with Gasteiger partial charge < -0.3 is 0 Å². The van der Waals surface area contributed by atoms with Gasteiger partial charge in [-0.3, -0.25) is 14.9 Å². The molecule has 1 saturated heterocycles. The molecular formula is C12H12BrNO2. The Morgan fingerprint density at radius 3 is 2.75 bits per heavy atom. The summed E-state index contributed by atoms with van der Waals surface area (Å²) in [6.45, 7) is 0. The highest BCUT2D eigenvalue weighted by molar-refractivity contribution is 9.10. The molecule has 1 aliphatic rings. The molecule has 1 heterocycles. The number of nitrogens with one attached hydrogen (secondary N) is 1. The lowest BCUT2D eigenvalue weighted by molar-refractivity contribution is -0.136. The molecule has 1 aromatic rings. The highest BCUT2D eigenvalue weighted by atomic mass is 79.9. The van der Waals surface area contributed by atoms with Crippen molar-refractivity contribution in [3.63, 3.8) is 0 Å². The van der Waals surface area contributed by atoms with Crippen molar-refractivity contribution in [3.8, 4) is 0 Å². The Morgan fingerprint density at radius 2 is 2.06 bits per heavy atom. The first-order valence-electron chi connectivity index (χ1n) is 5.24. The van der Waals surface area contributed by atoms with Crippen LogP contribution >= 0.6 is 15.9 Å². The van der Waals surface area contributed by atoms with Crippen LogP contribution in [0.1, 0.15) is 18.4 Å². The fraction of sp³-hybridized carbons (Fsp3) is 0.333. The van der Waals surface area contributed by atoms with Gasteiger partial charge in [0, 0.05) is 16.8 Å². The molecule has 84 valence electrons. The number of halogens is 1. The smallest absolute Gasteiger partial charge is 0.230 e. The largest absolute Gasteiger partial charge is 0.296 e. The molecule has 0 spiro atoms. The molecule has 0 unspecified atom stereocenters. The Labute approximate surface area is 102 Å². The molecular weight excluding hydrogens is 270 g/mol. The normalized spacial score (nSPS) is 20.7. The maximum Gasteiger partial charge on any atom is 0.230 e. The van der Waals surface area contributed by atoms with Crippen LogP contribution in [-0.2, 0) is 16.0 Å². The minimum Gasteiger partial charge on any atom is -0.296 e. The predicted molar refractivity (Wildman–Crippen MR) is 63.7 cm³/mol. The standard InChI is InChI=1S/C12H12BrNO2/c13-10-4-2-1-3-8(10)7-9-5-6-11(15)14-12(9)16/h1-4,9H,5-7H2,(H,14,15,16)/t9-/m1/s1. The lowest BCUT2D eigenvalue weighted by Crippen LogP contribution is -2.41. The molecule has 4 heteroatoms. The summed E-state index contributed by atoms with van der Waals surface area (Å²) in [7, 11) is 0. The first-order valence-corrected chi connectivity index (χ1v) is 6.03. The van der Waals surface area contributed by atoms with Crippen LogP contribution in [0.4, 0.5) is 0 Å². The minimum absolute atomic E-state index is 0.0867. The summed E-state index contributed by atoms with van der Waals surface area (Å²) in [5, 5.41) is 2.38. The summed E-state index contributed by atoms with van der Waals surface area (Å²) < 4.78 is 1.01. The average Bonchev–Trinajstić information content (AvgIpc) is 2.25. The second-order valence-corrected chi connectivity index (χ2v) is 4.80. The van der Waals surface area contributed by atoms with E-state index in [1.165, 1.54) is 0 Å². The number of rotatable bonds is 2. The number of imide groups is 1. The van der Waals surface area contributed by atoms with Crippen molar-refractivity contribution in [2.24, 2.45) is 5.92 Å². The Balaban J connectivity index is 2.08. The Bertz CT molecular complexity index is 431. The van der Waals surface area contributed by atoms with Crippen molar-refractivity contribution in [1.82, 2.24) is 5.32 Å². The van der Waals surface area contributed by atoms with E-state index in [0.29, 0.717) is 19.3 Å². The van der Waals surface area contributed by atoms with Gasteiger partial charge in [-0.25, -0.2) is 0 Å². The third kappa shape index (κ3) is 2.50. The van der Waals surface area contributed by atoms with E-state index in [-0.39, 0.29) is 17.7 Å². The summed E-state index contributed by atoms with van der Waals surface area (Å²) in [5.41, 5.74) is 1.11. The summed E-state index contributed by atoms with van der Waals surface area (Å²) in [4.78, 5) is 22.6. The van der Waals surface area contributed by atoms with E-state index >= 15 is 0 Å². The van der Waals surface area contributed by atoms with E-state index in [1.54, 1.807) is 0 Å². The predicted octanol–water partition coefficient (Wildman–Crippen LogP) is 2.04. The molecule has 2 amide bonds. The number of amides is 2. The summed E-state index contributed by atoms with van der Waals surface area (Å²) in [6.07, 6.45) is 1.77. The minimum atomic E-state index is -0.159. The fourth-order valence-corrected chi connectivity index (χ4v) is 2.31. The third-order valence-corrected chi connectivity index (χ3v) is 3.55. The van der Waals surface area contributed by atoms with Crippen molar-refractivity contribution >= 4 is 27.7 Å². The molecule has 1 aliphatic heterocycles. The van der Waals surface area contributed by atoms with Crippen LogP contribution in [0.25, 0.3) is 0 Å². The molecule has 1 aromatic carbocycles. The molecule has 0 aromatic heterocycles. The number of piperidine rings is 1. The van der Waals surface area contributed by atoms with Gasteiger partial charge in [0.05, 0.1) is 0 Å². The fourth-order valence-electron chi connectivity index (χ4n) is 1.86. The van der Waals surface area contributed by atoms with E-state index < -0.39 is 0 Å². The Kier molecular flexibility index (Phi) is 3.39. The van der Waals surface area contributed by atoms with Crippen molar-refractivity contribution < 1.29 is 9.59 Å². The molecule has 1 N–H and O–H groups in total. The zero-order valence-electron chi connectivity index (χ0n) is 8.70. The lowest BCUT2D eigenvalue weighted by atomic mass is 9.91. The van der Waals surface area contributed by atoms with E-state index in [4.69, 9.17) is 0 Å². The van der Waals surface area contributed by atoms with Gasteiger partial charge in [0.1, 0.15) is 0 Å². The number of hydrogen-bond donors (Lipinski definition) is 1. The lowest BCUT2D eigenvalue weighted by Gasteiger charge is -2.21. The Morgan fingerprint density at radius 1 is 1.31 bits per heavy atom. The monoisotopic (exact) mass is 281 g/mol. The van der Waals surface area contributed by atoms with Gasteiger partial charge >= 0.3 is 0 Å². The van der Waals surface area contributed by atoms with Crippen molar-refractivity contribution in [2.75, 3.05) is 0 Å². The topological polar surface area (TPSA) is 46.2 Å². The van der Waals surface area contributed by atoms with Crippen LogP contribution in [0.3, 0.4) is 0 Å². The first-order chi connectivity index (χ1) is 7.66. The summed E-state index contributed by atoms with van der Waals surface area (Å²) in [6, 6.07) is 7.85. The van der Waals surface area contributed by atoms with Crippen LogP contribution in [0.5, 0.6) is 0 Å². The third-order valence-electron chi connectivity index (χ3n) is 2.78. The molecule has 0 radical (unpaired) electrons. The molecule has 0 saturated carbocycles. The van der Waals surface area contributed by atoms with Gasteiger partial charge in [-0.2, -0.15) is 0 Å². The highest BCUT2D eigenvalue weighted by Crippen LogP contribution is 2.23. The molecule has 1 fully saturated rings. The van der Waals surface area contributed by atoms with Gasteiger partial charge in [-0.05, 0) is 24.5 Å². The van der Waals surface area contributed by atoms with Crippen LogP contribution in [-0.4, -0.2) is 11.8 Å². The molecule has 0 bridgehead atoms. The molecule has 1 atom stereocenters. The van der Waals surface area contributed by atoms with Crippen molar-refractivity contribution in [1.29, 1.82) is 0 Å². The van der Waals surface area contributed by atoms with Gasteiger partial charge in [0.15, 0.2) is 0 Å². The molecule has 3 nitrogen and oxygen atoms in total. The van der Waals surface area contributed by atoms with Crippen LogP contribution < -0.4 is 5.32 Å². The summed E-state index contributed by atoms with van der Waals surface area (Å²) >= 11 is 3.46. The van der Waals surface area contributed by atoms with Gasteiger partial charge in [-0.15, -0.1) is 0 Å². The molecule has 16 heavy (non-hydrogen) atoms. The SMILES string of the molecule is O=C1CC[C@H](Cc2ccccc2Br)C(=O)N1. The average molecular weight is 282 g/mol. The van der Waals surface area contributed by atoms with Crippen LogP contribution in [0, 0.1) is 5.92 Å². The van der Waals surface area contributed by atoms with Crippen LogP contribution in [0.2, 0.25) is 0 Å².